The molecule has 1 saturated heterocycles. The number of likely N-dealkylation sites (tertiary alicyclic amines) is 1. The Balaban J connectivity index is 1.39. The zero-order valence-corrected chi connectivity index (χ0v) is 17.1. The van der Waals surface area contributed by atoms with E-state index in [4.69, 9.17) is 4.74 Å². The molecular formula is C25H27NO4. The van der Waals surface area contributed by atoms with E-state index in [1.165, 1.54) is 25.7 Å². The molecule has 0 N–H and O–H groups in total. The van der Waals surface area contributed by atoms with E-state index in [1.807, 2.05) is 11.0 Å². The molecule has 1 amide bonds. The molecule has 30 heavy (non-hydrogen) atoms. The van der Waals surface area contributed by atoms with Crippen molar-refractivity contribution in [3.05, 3.63) is 71.3 Å². The zero-order valence-electron chi connectivity index (χ0n) is 17.1. The van der Waals surface area contributed by atoms with Gasteiger partial charge in [-0.15, -0.1) is 0 Å². The fraction of sp³-hybridized carbons (Fsp3) is 0.400. The summed E-state index contributed by atoms with van der Waals surface area (Å²) in [7, 11) is 0. The number of hydrogen-bond donors (Lipinski definition) is 0. The second kappa shape index (κ2) is 9.24. The van der Waals surface area contributed by atoms with Crippen LogP contribution in [0.3, 0.4) is 0 Å². The first-order valence-corrected chi connectivity index (χ1v) is 10.8. The van der Waals surface area contributed by atoms with Crippen molar-refractivity contribution < 1.29 is 19.1 Å². The molecule has 1 aliphatic heterocycles. The minimum Gasteiger partial charge on any atom is -0.452 e. The van der Waals surface area contributed by atoms with Gasteiger partial charge in [-0.2, -0.15) is 0 Å². The van der Waals surface area contributed by atoms with Crippen molar-refractivity contribution in [3.8, 4) is 0 Å². The van der Waals surface area contributed by atoms with Crippen LogP contribution in [0.5, 0.6) is 0 Å². The number of carbonyl (C=O) groups is 3. The Morgan fingerprint density at radius 3 is 2.27 bits per heavy atom. The van der Waals surface area contributed by atoms with Gasteiger partial charge in [0.15, 0.2) is 12.4 Å². The molecule has 2 aliphatic rings. The van der Waals surface area contributed by atoms with Crippen molar-refractivity contribution in [2.75, 3.05) is 19.7 Å². The van der Waals surface area contributed by atoms with Crippen molar-refractivity contribution in [1.29, 1.82) is 0 Å². The summed E-state index contributed by atoms with van der Waals surface area (Å²) < 4.78 is 5.32. The van der Waals surface area contributed by atoms with Crippen molar-refractivity contribution in [1.82, 2.24) is 4.90 Å². The average molecular weight is 405 g/mol. The first-order valence-electron chi connectivity index (χ1n) is 10.8. The number of carbonyl (C=O) groups excluding carboxylic acids is 3. The number of rotatable bonds is 5. The molecule has 2 aromatic carbocycles. The van der Waals surface area contributed by atoms with Gasteiger partial charge in [0.2, 0.25) is 0 Å². The van der Waals surface area contributed by atoms with E-state index in [2.05, 4.69) is 0 Å². The largest absolute Gasteiger partial charge is 0.452 e. The normalized spacial score (nSPS) is 20.9. The minimum absolute atomic E-state index is 0.153. The monoisotopic (exact) mass is 405 g/mol. The predicted molar refractivity (Wildman–Crippen MR) is 113 cm³/mol. The number of nitrogens with zero attached hydrogens (tertiary/aromatic N) is 1. The van der Waals surface area contributed by atoms with Crippen LogP contribution in [0.25, 0.3) is 0 Å². The van der Waals surface area contributed by atoms with E-state index in [0.717, 1.165) is 25.4 Å². The highest BCUT2D eigenvalue weighted by molar-refractivity contribution is 6.14. The van der Waals surface area contributed by atoms with Crippen LogP contribution in [0, 0.1) is 11.8 Å². The summed E-state index contributed by atoms with van der Waals surface area (Å²) in [5.41, 5.74) is 0.971. The smallest absolute Gasteiger partial charge is 0.339 e. The summed E-state index contributed by atoms with van der Waals surface area (Å²) in [5, 5.41) is 0. The quantitative estimate of drug-likeness (QED) is 0.555. The molecule has 1 saturated carbocycles. The third kappa shape index (κ3) is 4.45. The lowest BCUT2D eigenvalue weighted by atomic mass is 9.75. The number of hydrogen-bond acceptors (Lipinski definition) is 4. The second-order valence-corrected chi connectivity index (χ2v) is 8.25. The van der Waals surface area contributed by atoms with Crippen LogP contribution in [0.2, 0.25) is 0 Å². The van der Waals surface area contributed by atoms with Crippen LogP contribution >= 0.6 is 0 Å². The van der Waals surface area contributed by atoms with Gasteiger partial charge in [0.1, 0.15) is 0 Å². The number of benzene rings is 2. The summed E-state index contributed by atoms with van der Waals surface area (Å²) in [6, 6.07) is 15.4. The maximum Gasteiger partial charge on any atom is 0.339 e. The average Bonchev–Trinajstić information content (AvgIpc) is 2.82. The minimum atomic E-state index is -0.643. The van der Waals surface area contributed by atoms with Gasteiger partial charge in [0.05, 0.1) is 5.56 Å². The Kier molecular flexibility index (Phi) is 6.26. The Morgan fingerprint density at radius 1 is 0.833 bits per heavy atom. The van der Waals surface area contributed by atoms with Gasteiger partial charge in [-0.3, -0.25) is 9.59 Å². The van der Waals surface area contributed by atoms with Crippen molar-refractivity contribution in [2.24, 2.45) is 11.8 Å². The molecule has 0 bridgehead atoms. The van der Waals surface area contributed by atoms with Gasteiger partial charge in [0.25, 0.3) is 5.91 Å². The maximum absolute atomic E-state index is 12.8. The Bertz CT molecular complexity index is 924. The van der Waals surface area contributed by atoms with E-state index in [9.17, 15) is 14.4 Å². The van der Waals surface area contributed by atoms with Crippen molar-refractivity contribution in [3.63, 3.8) is 0 Å². The van der Waals surface area contributed by atoms with E-state index < -0.39 is 5.97 Å². The van der Waals surface area contributed by atoms with Crippen LogP contribution < -0.4 is 0 Å². The molecule has 156 valence electrons. The second-order valence-electron chi connectivity index (χ2n) is 8.25. The van der Waals surface area contributed by atoms with Gasteiger partial charge >= 0.3 is 5.97 Å². The van der Waals surface area contributed by atoms with E-state index in [0.29, 0.717) is 11.5 Å². The first kappa shape index (κ1) is 20.3. The van der Waals surface area contributed by atoms with Crippen LogP contribution in [-0.2, 0) is 9.53 Å². The molecule has 1 aliphatic carbocycles. The Morgan fingerprint density at radius 2 is 1.50 bits per heavy atom. The van der Waals surface area contributed by atoms with Gasteiger partial charge in [-0.05, 0) is 30.7 Å². The molecule has 2 fully saturated rings. The molecule has 4 rings (SSSR count). The molecule has 0 aromatic heterocycles. The summed E-state index contributed by atoms with van der Waals surface area (Å²) >= 11 is 0. The molecule has 0 radical (unpaired) electrons. The fourth-order valence-corrected chi connectivity index (χ4v) is 4.73. The summed E-state index contributed by atoms with van der Waals surface area (Å²) in [5.74, 6) is 0.279. The standard InChI is InChI=1S/C25H27NO4/c27-23(26-15-14-18-8-4-5-11-20(18)16-26)17-30-25(29)22-13-7-6-12-21(22)24(28)19-9-2-1-3-10-19/h1-3,6-7,9-10,12-13,18,20H,4-5,8,11,14-17H2. The molecule has 2 atom stereocenters. The molecule has 0 spiro atoms. The lowest BCUT2D eigenvalue weighted by molar-refractivity contribution is -0.137. The van der Waals surface area contributed by atoms with Crippen LogP contribution in [-0.4, -0.2) is 42.3 Å². The number of ketones is 1. The zero-order chi connectivity index (χ0) is 20.9. The molecule has 5 nitrogen and oxygen atoms in total. The van der Waals surface area contributed by atoms with Crippen LogP contribution in [0.15, 0.2) is 54.6 Å². The molecule has 5 heteroatoms. The highest BCUT2D eigenvalue weighted by atomic mass is 16.5. The first-order chi connectivity index (χ1) is 14.6. The number of ether oxygens (including phenoxy) is 1. The highest BCUT2D eigenvalue weighted by Gasteiger charge is 2.33. The SMILES string of the molecule is O=C(OCC(=O)N1CCC2CCCCC2C1)c1ccccc1C(=O)c1ccccc1. The van der Waals surface area contributed by atoms with Crippen molar-refractivity contribution >= 4 is 17.7 Å². The van der Waals surface area contributed by atoms with Crippen molar-refractivity contribution in [2.45, 2.75) is 32.1 Å². The maximum atomic E-state index is 12.8. The molecular weight excluding hydrogens is 378 g/mol. The lowest BCUT2D eigenvalue weighted by Crippen LogP contribution is -2.46. The van der Waals surface area contributed by atoms with Gasteiger partial charge < -0.3 is 9.64 Å². The number of piperidine rings is 1. The summed E-state index contributed by atoms with van der Waals surface area (Å²) in [6.45, 7) is 1.22. The topological polar surface area (TPSA) is 63.7 Å². The van der Waals surface area contributed by atoms with Crippen LogP contribution in [0.1, 0.15) is 58.4 Å². The van der Waals surface area contributed by atoms with E-state index >= 15 is 0 Å². The van der Waals surface area contributed by atoms with Gasteiger partial charge in [-0.25, -0.2) is 4.79 Å². The van der Waals surface area contributed by atoms with E-state index in [-0.39, 0.29) is 29.4 Å². The van der Waals surface area contributed by atoms with Crippen LogP contribution in [0.4, 0.5) is 0 Å². The van der Waals surface area contributed by atoms with Gasteiger partial charge in [0, 0.05) is 24.2 Å². The van der Waals surface area contributed by atoms with E-state index in [1.54, 1.807) is 48.5 Å². The number of esters is 1. The number of amides is 1. The fourth-order valence-electron chi connectivity index (χ4n) is 4.73. The highest BCUT2D eigenvalue weighted by Crippen LogP contribution is 2.36. The van der Waals surface area contributed by atoms with Gasteiger partial charge in [-0.1, -0.05) is 67.8 Å². The third-order valence-corrected chi connectivity index (χ3v) is 6.40. The molecule has 1 heterocycles. The molecule has 2 unspecified atom stereocenters. The number of fused-ring (bicyclic) bond motifs is 1. The summed E-state index contributed by atoms with van der Waals surface area (Å²) in [6.07, 6.45) is 6.04. The lowest BCUT2D eigenvalue weighted by Gasteiger charge is -2.41. The Labute approximate surface area is 177 Å². The third-order valence-electron chi connectivity index (χ3n) is 6.40. The molecule has 2 aromatic rings. The Hall–Kier alpha value is -2.95. The predicted octanol–water partition coefficient (Wildman–Crippen LogP) is 4.11. The summed E-state index contributed by atoms with van der Waals surface area (Å²) in [4.78, 5) is 39.9.